The van der Waals surface area contributed by atoms with Crippen molar-refractivity contribution in [3.05, 3.63) is 46.9 Å². The molecule has 1 aromatic carbocycles. The molecule has 1 aromatic heterocycles. The molecule has 0 saturated carbocycles. The summed E-state index contributed by atoms with van der Waals surface area (Å²) in [5.41, 5.74) is 2.50. The molecule has 5 heteroatoms. The Hall–Kier alpha value is -1.88. The zero-order chi connectivity index (χ0) is 15.5. The minimum atomic E-state index is -0.262. The monoisotopic (exact) mass is 291 g/mol. The predicted octanol–water partition coefficient (Wildman–Crippen LogP) is 3.32. The van der Waals surface area contributed by atoms with Gasteiger partial charge >= 0.3 is 0 Å². The number of hydrogen-bond acceptors (Lipinski definition) is 3. The molecule has 2 N–H and O–H groups in total. The van der Waals surface area contributed by atoms with E-state index >= 15 is 0 Å². The van der Waals surface area contributed by atoms with Crippen molar-refractivity contribution in [2.45, 2.75) is 46.4 Å². The fraction of sp³-hybridized carbons (Fsp3) is 0.438. The van der Waals surface area contributed by atoms with Crippen molar-refractivity contribution in [3.63, 3.8) is 0 Å². The number of nitrogens with zero attached hydrogens (tertiary/aromatic N) is 1. The minimum absolute atomic E-state index is 0.0254. The van der Waals surface area contributed by atoms with Gasteiger partial charge in [0.15, 0.2) is 0 Å². The third-order valence-electron chi connectivity index (χ3n) is 2.99. The van der Waals surface area contributed by atoms with Crippen LogP contribution in [0.3, 0.4) is 0 Å². The molecular formula is C16H22FN3O. The summed E-state index contributed by atoms with van der Waals surface area (Å²) in [4.78, 5) is 0. The number of benzene rings is 1. The zero-order valence-corrected chi connectivity index (χ0v) is 13.0. The summed E-state index contributed by atoms with van der Waals surface area (Å²) in [5, 5.41) is 10.1. The summed E-state index contributed by atoms with van der Waals surface area (Å²) >= 11 is 0. The average Bonchev–Trinajstić information content (AvgIpc) is 2.81. The summed E-state index contributed by atoms with van der Waals surface area (Å²) in [6.07, 6.45) is 0. The summed E-state index contributed by atoms with van der Waals surface area (Å²) in [7, 11) is 0. The van der Waals surface area contributed by atoms with E-state index in [1.807, 2.05) is 13.0 Å². The van der Waals surface area contributed by atoms with Gasteiger partial charge in [-0.05, 0) is 45.4 Å². The second kappa shape index (κ2) is 6.26. The lowest BCUT2D eigenvalue weighted by atomic mass is 10.1. The molecule has 0 atom stereocenters. The number of ether oxygens (including phenoxy) is 1. The van der Waals surface area contributed by atoms with Crippen LogP contribution in [0.1, 0.15) is 37.6 Å². The first kappa shape index (κ1) is 15.5. The van der Waals surface area contributed by atoms with E-state index in [2.05, 4.69) is 36.3 Å². The first-order valence-electron chi connectivity index (χ1n) is 7.01. The fourth-order valence-corrected chi connectivity index (χ4v) is 1.83. The second-order valence-electron chi connectivity index (χ2n) is 6.21. The number of hydrogen-bond donors (Lipinski definition) is 2. The second-order valence-corrected chi connectivity index (χ2v) is 6.21. The third kappa shape index (κ3) is 4.86. The van der Waals surface area contributed by atoms with E-state index in [4.69, 9.17) is 4.74 Å². The molecule has 0 radical (unpaired) electrons. The van der Waals surface area contributed by atoms with Gasteiger partial charge in [-0.25, -0.2) is 4.39 Å². The van der Waals surface area contributed by atoms with Crippen molar-refractivity contribution in [2.24, 2.45) is 0 Å². The van der Waals surface area contributed by atoms with E-state index in [1.54, 1.807) is 12.1 Å². The number of H-pyrrole nitrogens is 1. The highest BCUT2D eigenvalue weighted by Crippen LogP contribution is 2.15. The molecular weight excluding hydrogens is 269 g/mol. The maximum atomic E-state index is 13.8. The Morgan fingerprint density at radius 2 is 2.05 bits per heavy atom. The molecule has 0 amide bonds. The Morgan fingerprint density at radius 3 is 2.67 bits per heavy atom. The summed E-state index contributed by atoms with van der Waals surface area (Å²) in [6, 6.07) is 6.88. The lowest BCUT2D eigenvalue weighted by Crippen LogP contribution is -2.35. The van der Waals surface area contributed by atoms with Crippen molar-refractivity contribution in [1.82, 2.24) is 15.5 Å². The van der Waals surface area contributed by atoms with Crippen molar-refractivity contribution >= 4 is 0 Å². The van der Waals surface area contributed by atoms with E-state index in [0.717, 1.165) is 11.3 Å². The van der Waals surface area contributed by atoms with Crippen LogP contribution in [0.25, 0.3) is 0 Å². The van der Waals surface area contributed by atoms with Gasteiger partial charge in [0.05, 0.1) is 0 Å². The standard InChI is InChI=1S/C16H22FN3O/c1-11-7-15(20-19-11)21-10-13-8-12(5-6-14(13)17)9-18-16(2,3)4/h5-8,18H,9-10H2,1-4H3,(H,19,20). The molecule has 2 aromatic rings. The van der Waals surface area contributed by atoms with Crippen LogP contribution in [0.4, 0.5) is 4.39 Å². The first-order chi connectivity index (χ1) is 9.83. The largest absolute Gasteiger partial charge is 0.472 e. The molecule has 21 heavy (non-hydrogen) atoms. The van der Waals surface area contributed by atoms with Crippen LogP contribution in [0.15, 0.2) is 24.3 Å². The molecule has 4 nitrogen and oxygen atoms in total. The Morgan fingerprint density at radius 1 is 1.29 bits per heavy atom. The number of aromatic nitrogens is 2. The molecule has 0 unspecified atom stereocenters. The molecule has 0 fully saturated rings. The Balaban J connectivity index is 2.01. The molecule has 0 saturated heterocycles. The molecule has 0 aliphatic rings. The van der Waals surface area contributed by atoms with Crippen LogP contribution >= 0.6 is 0 Å². The van der Waals surface area contributed by atoms with E-state index < -0.39 is 0 Å². The zero-order valence-electron chi connectivity index (χ0n) is 13.0. The lowest BCUT2D eigenvalue weighted by Gasteiger charge is -2.20. The summed E-state index contributed by atoms with van der Waals surface area (Å²) < 4.78 is 19.3. The molecule has 0 aliphatic carbocycles. The smallest absolute Gasteiger partial charge is 0.233 e. The molecule has 0 bridgehead atoms. The van der Waals surface area contributed by atoms with E-state index in [1.165, 1.54) is 6.07 Å². The van der Waals surface area contributed by atoms with Crippen molar-refractivity contribution in [1.29, 1.82) is 0 Å². The highest BCUT2D eigenvalue weighted by molar-refractivity contribution is 5.25. The number of rotatable bonds is 5. The van der Waals surface area contributed by atoms with Crippen molar-refractivity contribution in [3.8, 4) is 5.88 Å². The topological polar surface area (TPSA) is 49.9 Å². The van der Waals surface area contributed by atoms with Gasteiger partial charge in [-0.2, -0.15) is 0 Å². The maximum absolute atomic E-state index is 13.8. The van der Waals surface area contributed by atoms with Crippen LogP contribution in [-0.2, 0) is 13.2 Å². The van der Waals surface area contributed by atoms with Crippen LogP contribution in [0.5, 0.6) is 5.88 Å². The number of halogens is 1. The van der Waals surface area contributed by atoms with Gasteiger partial charge in [-0.15, -0.1) is 5.10 Å². The molecule has 114 valence electrons. The van der Waals surface area contributed by atoms with Crippen molar-refractivity contribution < 1.29 is 9.13 Å². The summed E-state index contributed by atoms with van der Waals surface area (Å²) in [6.45, 7) is 9.04. The van der Waals surface area contributed by atoms with Gasteiger partial charge in [-0.1, -0.05) is 6.07 Å². The van der Waals surface area contributed by atoms with Gasteiger partial charge in [0.25, 0.3) is 0 Å². The molecule has 1 heterocycles. The minimum Gasteiger partial charge on any atom is -0.472 e. The Bertz CT molecular complexity index is 602. The predicted molar refractivity (Wildman–Crippen MR) is 80.6 cm³/mol. The third-order valence-corrected chi connectivity index (χ3v) is 2.99. The van der Waals surface area contributed by atoms with Gasteiger partial charge in [0, 0.05) is 29.4 Å². The number of aryl methyl sites for hydroxylation is 1. The molecule has 2 rings (SSSR count). The number of aromatic amines is 1. The number of nitrogens with one attached hydrogen (secondary N) is 2. The van der Waals surface area contributed by atoms with Crippen LogP contribution in [0.2, 0.25) is 0 Å². The normalized spacial score (nSPS) is 11.7. The van der Waals surface area contributed by atoms with E-state index in [9.17, 15) is 4.39 Å². The van der Waals surface area contributed by atoms with E-state index in [0.29, 0.717) is 18.0 Å². The maximum Gasteiger partial charge on any atom is 0.233 e. The van der Waals surface area contributed by atoms with Gasteiger partial charge in [0.1, 0.15) is 12.4 Å². The fourth-order valence-electron chi connectivity index (χ4n) is 1.83. The molecule has 0 aliphatic heterocycles. The summed E-state index contributed by atoms with van der Waals surface area (Å²) in [5.74, 6) is 0.215. The van der Waals surface area contributed by atoms with Gasteiger partial charge in [-0.3, -0.25) is 5.10 Å². The quantitative estimate of drug-likeness (QED) is 0.888. The van der Waals surface area contributed by atoms with Crippen LogP contribution in [-0.4, -0.2) is 15.7 Å². The van der Waals surface area contributed by atoms with Crippen molar-refractivity contribution in [2.75, 3.05) is 0 Å². The van der Waals surface area contributed by atoms with Crippen LogP contribution < -0.4 is 10.1 Å². The molecule has 0 spiro atoms. The van der Waals surface area contributed by atoms with E-state index in [-0.39, 0.29) is 18.0 Å². The lowest BCUT2D eigenvalue weighted by molar-refractivity contribution is 0.287. The first-order valence-corrected chi connectivity index (χ1v) is 7.01. The SMILES string of the molecule is Cc1cc(OCc2cc(CNC(C)(C)C)ccc2F)n[nH]1. The highest BCUT2D eigenvalue weighted by atomic mass is 19.1. The average molecular weight is 291 g/mol. The van der Waals surface area contributed by atoms with Gasteiger partial charge in [0.2, 0.25) is 5.88 Å². The highest BCUT2D eigenvalue weighted by Gasteiger charge is 2.10. The Labute approximate surface area is 124 Å². The van der Waals surface area contributed by atoms with Gasteiger partial charge < -0.3 is 10.1 Å². The van der Waals surface area contributed by atoms with Crippen LogP contribution in [0, 0.1) is 12.7 Å². The Kier molecular flexibility index (Phi) is 4.63.